The lowest BCUT2D eigenvalue weighted by Crippen LogP contribution is -2.31. The van der Waals surface area contributed by atoms with Gasteiger partial charge in [0, 0.05) is 21.8 Å². The van der Waals surface area contributed by atoms with Crippen molar-refractivity contribution in [3.63, 3.8) is 0 Å². The third kappa shape index (κ3) is 2.88. The van der Waals surface area contributed by atoms with Crippen molar-refractivity contribution in [3.05, 3.63) is 58.2 Å². The molecule has 0 saturated heterocycles. The van der Waals surface area contributed by atoms with Gasteiger partial charge < -0.3 is 0 Å². The van der Waals surface area contributed by atoms with E-state index in [-0.39, 0.29) is 0 Å². The molecule has 0 saturated carbocycles. The second-order valence-electron chi connectivity index (χ2n) is 3.52. The van der Waals surface area contributed by atoms with Gasteiger partial charge in [0.2, 0.25) is 0 Å². The Bertz CT molecular complexity index is 482. The highest BCUT2D eigenvalue weighted by Gasteiger charge is 2.09. The molecule has 1 aromatic carbocycles. The zero-order valence-electron chi connectivity index (χ0n) is 8.98. The van der Waals surface area contributed by atoms with Crippen molar-refractivity contribution in [3.8, 4) is 0 Å². The molecule has 0 fully saturated rings. The Hall–Kier alpha value is -1.29. The molecule has 17 heavy (non-hydrogen) atoms. The molecule has 5 heteroatoms. The lowest BCUT2D eigenvalue weighted by atomic mass is 10.2. The van der Waals surface area contributed by atoms with Crippen LogP contribution in [0.1, 0.15) is 5.56 Å². The maximum atomic E-state index is 6.07. The summed E-state index contributed by atoms with van der Waals surface area (Å²) in [5.41, 5.74) is 0.795. The lowest BCUT2D eigenvalue weighted by molar-refractivity contribution is 0.833. The highest BCUT2D eigenvalue weighted by molar-refractivity contribution is 6.36. The van der Waals surface area contributed by atoms with E-state index in [2.05, 4.69) is 4.98 Å². The van der Waals surface area contributed by atoms with Gasteiger partial charge >= 0.3 is 0 Å². The number of pyridine rings is 1. The van der Waals surface area contributed by atoms with Crippen molar-refractivity contribution in [2.45, 2.75) is 6.54 Å². The van der Waals surface area contributed by atoms with Crippen LogP contribution >= 0.6 is 23.2 Å². The Morgan fingerprint density at radius 3 is 2.35 bits per heavy atom. The van der Waals surface area contributed by atoms with Gasteiger partial charge in [0.25, 0.3) is 0 Å². The summed E-state index contributed by atoms with van der Waals surface area (Å²) in [6, 6.07) is 10.9. The van der Waals surface area contributed by atoms with Gasteiger partial charge in [-0.3, -0.25) is 5.01 Å². The van der Waals surface area contributed by atoms with Crippen LogP contribution in [0.2, 0.25) is 10.0 Å². The first-order valence-electron chi connectivity index (χ1n) is 5.04. The van der Waals surface area contributed by atoms with Gasteiger partial charge in [0.15, 0.2) is 0 Å². The highest BCUT2D eigenvalue weighted by Crippen LogP contribution is 2.25. The molecular weight excluding hydrogens is 257 g/mol. The number of nitrogens with two attached hydrogens (primary N) is 1. The van der Waals surface area contributed by atoms with Gasteiger partial charge in [0.05, 0.1) is 6.54 Å². The van der Waals surface area contributed by atoms with Crippen LogP contribution < -0.4 is 10.9 Å². The topological polar surface area (TPSA) is 42.1 Å². The Kier molecular flexibility index (Phi) is 3.84. The molecule has 2 rings (SSSR count). The SMILES string of the molecule is NN(Cc1c(Cl)cccc1Cl)c1ccccn1. The van der Waals surface area contributed by atoms with Crippen LogP contribution in [0.5, 0.6) is 0 Å². The maximum Gasteiger partial charge on any atom is 0.142 e. The lowest BCUT2D eigenvalue weighted by Gasteiger charge is -2.18. The second-order valence-corrected chi connectivity index (χ2v) is 4.33. The molecule has 3 nitrogen and oxygen atoms in total. The van der Waals surface area contributed by atoms with Gasteiger partial charge in [-0.25, -0.2) is 10.8 Å². The Morgan fingerprint density at radius 2 is 1.76 bits per heavy atom. The van der Waals surface area contributed by atoms with E-state index >= 15 is 0 Å². The molecule has 88 valence electrons. The van der Waals surface area contributed by atoms with Crippen LogP contribution in [0.4, 0.5) is 5.82 Å². The van der Waals surface area contributed by atoms with Gasteiger partial charge in [-0.1, -0.05) is 35.3 Å². The zero-order chi connectivity index (χ0) is 12.3. The molecule has 0 amide bonds. The molecule has 0 aliphatic carbocycles. The molecule has 0 aliphatic heterocycles. The molecule has 1 heterocycles. The summed E-state index contributed by atoms with van der Waals surface area (Å²) in [7, 11) is 0. The molecule has 0 unspecified atom stereocenters. The number of hydrogen-bond donors (Lipinski definition) is 1. The van der Waals surface area contributed by atoms with Crippen molar-refractivity contribution in [2.24, 2.45) is 5.84 Å². The fourth-order valence-corrected chi connectivity index (χ4v) is 1.98. The van der Waals surface area contributed by atoms with Crippen molar-refractivity contribution < 1.29 is 0 Å². The quantitative estimate of drug-likeness (QED) is 0.686. The zero-order valence-corrected chi connectivity index (χ0v) is 10.5. The number of benzene rings is 1. The highest BCUT2D eigenvalue weighted by atomic mass is 35.5. The van der Waals surface area contributed by atoms with Gasteiger partial charge in [-0.15, -0.1) is 0 Å². The van der Waals surface area contributed by atoms with Crippen molar-refractivity contribution in [1.82, 2.24) is 4.98 Å². The van der Waals surface area contributed by atoms with Gasteiger partial charge in [0.1, 0.15) is 5.82 Å². The molecule has 0 radical (unpaired) electrons. The van der Waals surface area contributed by atoms with E-state index in [4.69, 9.17) is 29.0 Å². The number of rotatable bonds is 3. The summed E-state index contributed by atoms with van der Waals surface area (Å²) in [5, 5.41) is 2.71. The summed E-state index contributed by atoms with van der Waals surface area (Å²) >= 11 is 12.1. The van der Waals surface area contributed by atoms with Crippen LogP contribution in [-0.2, 0) is 6.54 Å². The molecule has 0 atom stereocenters. The van der Waals surface area contributed by atoms with E-state index < -0.39 is 0 Å². The Morgan fingerprint density at radius 1 is 1.06 bits per heavy atom. The number of aromatic nitrogens is 1. The number of hydrogen-bond acceptors (Lipinski definition) is 3. The van der Waals surface area contributed by atoms with E-state index in [1.165, 1.54) is 5.01 Å². The summed E-state index contributed by atoms with van der Waals surface area (Å²) in [6.45, 7) is 0.412. The third-order valence-electron chi connectivity index (χ3n) is 2.33. The van der Waals surface area contributed by atoms with Crippen LogP contribution in [0.25, 0.3) is 0 Å². The molecule has 2 aromatic rings. The minimum Gasteiger partial charge on any atom is -0.290 e. The van der Waals surface area contributed by atoms with Crippen LogP contribution in [0, 0.1) is 0 Å². The average Bonchev–Trinajstić information content (AvgIpc) is 2.35. The molecule has 0 spiro atoms. The number of anilines is 1. The third-order valence-corrected chi connectivity index (χ3v) is 3.04. The van der Waals surface area contributed by atoms with E-state index in [0.29, 0.717) is 22.4 Å². The van der Waals surface area contributed by atoms with E-state index in [0.717, 1.165) is 5.56 Å². The number of nitrogens with zero attached hydrogens (tertiary/aromatic N) is 2. The normalized spacial score (nSPS) is 10.3. The molecule has 2 N–H and O–H groups in total. The minimum atomic E-state index is 0.412. The summed E-state index contributed by atoms with van der Waals surface area (Å²) in [6.07, 6.45) is 1.68. The predicted octanol–water partition coefficient (Wildman–Crippen LogP) is 3.27. The fraction of sp³-hybridized carbons (Fsp3) is 0.0833. The molecule has 0 bridgehead atoms. The van der Waals surface area contributed by atoms with E-state index in [1.54, 1.807) is 24.4 Å². The monoisotopic (exact) mass is 267 g/mol. The average molecular weight is 268 g/mol. The van der Waals surface area contributed by atoms with Crippen LogP contribution in [-0.4, -0.2) is 4.98 Å². The molecule has 1 aromatic heterocycles. The van der Waals surface area contributed by atoms with E-state index in [9.17, 15) is 0 Å². The molecule has 0 aliphatic rings. The van der Waals surface area contributed by atoms with Crippen LogP contribution in [0.3, 0.4) is 0 Å². The van der Waals surface area contributed by atoms with Crippen molar-refractivity contribution in [1.29, 1.82) is 0 Å². The van der Waals surface area contributed by atoms with Gasteiger partial charge in [-0.2, -0.15) is 0 Å². The Labute approximate surface area is 110 Å². The first-order valence-corrected chi connectivity index (χ1v) is 5.80. The number of hydrazine groups is 1. The first-order chi connectivity index (χ1) is 8.18. The van der Waals surface area contributed by atoms with Gasteiger partial charge in [-0.05, 0) is 24.3 Å². The summed E-state index contributed by atoms with van der Waals surface area (Å²) in [5.74, 6) is 6.59. The maximum absolute atomic E-state index is 6.07. The number of halogens is 2. The van der Waals surface area contributed by atoms with E-state index in [1.807, 2.05) is 18.2 Å². The summed E-state index contributed by atoms with van der Waals surface area (Å²) < 4.78 is 0. The van der Waals surface area contributed by atoms with Crippen LogP contribution in [0.15, 0.2) is 42.6 Å². The first kappa shape index (κ1) is 12.2. The predicted molar refractivity (Wildman–Crippen MR) is 71.1 cm³/mol. The smallest absolute Gasteiger partial charge is 0.142 e. The molecular formula is C12H11Cl2N3. The summed E-state index contributed by atoms with van der Waals surface area (Å²) in [4.78, 5) is 4.15. The second kappa shape index (κ2) is 5.36. The minimum absolute atomic E-state index is 0.412. The Balaban J connectivity index is 2.22. The largest absolute Gasteiger partial charge is 0.290 e. The fourth-order valence-electron chi connectivity index (χ4n) is 1.46. The van der Waals surface area contributed by atoms with Crippen molar-refractivity contribution >= 4 is 29.0 Å². The van der Waals surface area contributed by atoms with Crippen molar-refractivity contribution in [2.75, 3.05) is 5.01 Å². The standard InChI is InChI=1S/C12H11Cl2N3/c13-10-4-3-5-11(14)9(10)8-17(15)12-6-1-2-7-16-12/h1-7H,8,15H2.